The van der Waals surface area contributed by atoms with Crippen LogP contribution in [0, 0.1) is 6.92 Å². The van der Waals surface area contributed by atoms with Crippen LogP contribution in [0.4, 0.5) is 0 Å². The molecule has 0 fully saturated rings. The molecule has 0 saturated heterocycles. The van der Waals surface area contributed by atoms with Gasteiger partial charge in [-0.2, -0.15) is 5.43 Å². The molecular formula is C9H13N2+. The van der Waals surface area contributed by atoms with E-state index in [-0.39, 0.29) is 0 Å². The predicted octanol–water partition coefficient (Wildman–Crippen LogP) is 0.771. The number of aromatic nitrogens is 1. The van der Waals surface area contributed by atoms with Crippen LogP contribution < -0.4 is 10.1 Å². The van der Waals surface area contributed by atoms with E-state index in [9.17, 15) is 0 Å². The first-order chi connectivity index (χ1) is 5.25. The monoisotopic (exact) mass is 149 g/mol. The van der Waals surface area contributed by atoms with Crippen LogP contribution in [0.2, 0.25) is 0 Å². The second-order valence-electron chi connectivity index (χ2n) is 3.30. The fourth-order valence-electron chi connectivity index (χ4n) is 1.55. The van der Waals surface area contributed by atoms with E-state index in [1.807, 2.05) is 0 Å². The summed E-state index contributed by atoms with van der Waals surface area (Å²) in [5.74, 6) is 0. The van der Waals surface area contributed by atoms with Crippen LogP contribution in [0.25, 0.3) is 0 Å². The number of hydrogen-bond acceptors (Lipinski definition) is 1. The highest BCUT2D eigenvalue weighted by molar-refractivity contribution is 5.13. The van der Waals surface area contributed by atoms with Gasteiger partial charge in [0.2, 0.25) is 5.69 Å². The van der Waals surface area contributed by atoms with Gasteiger partial charge >= 0.3 is 0 Å². The Labute approximate surface area is 66.8 Å². The average Bonchev–Trinajstić information content (AvgIpc) is 2.27. The number of pyridine rings is 1. The summed E-state index contributed by atoms with van der Waals surface area (Å²) in [6.07, 6.45) is 3.23. The molecule has 1 unspecified atom stereocenters. The van der Waals surface area contributed by atoms with Crippen molar-refractivity contribution in [3.63, 3.8) is 0 Å². The summed E-state index contributed by atoms with van der Waals surface area (Å²) in [4.78, 5) is 0. The van der Waals surface area contributed by atoms with Crippen molar-refractivity contribution in [1.82, 2.24) is 0 Å². The van der Waals surface area contributed by atoms with Crippen molar-refractivity contribution in [3.8, 4) is 0 Å². The lowest BCUT2D eigenvalue weighted by Gasteiger charge is -1.94. The molecule has 2 heterocycles. The van der Waals surface area contributed by atoms with E-state index in [0.29, 0.717) is 6.04 Å². The van der Waals surface area contributed by atoms with Crippen LogP contribution in [0.15, 0.2) is 18.3 Å². The molecule has 2 heteroatoms. The van der Waals surface area contributed by atoms with Crippen molar-refractivity contribution in [2.24, 2.45) is 0 Å². The Bertz CT molecular complexity index is 281. The molecular weight excluding hydrogens is 136 g/mol. The second-order valence-corrected chi connectivity index (χ2v) is 3.30. The predicted molar refractivity (Wildman–Crippen MR) is 43.9 cm³/mol. The first-order valence-electron chi connectivity index (χ1n) is 4.03. The van der Waals surface area contributed by atoms with Gasteiger partial charge in [0.15, 0.2) is 6.20 Å². The fraction of sp³-hybridized carbons (Fsp3) is 0.444. The molecule has 1 N–H and O–H groups in total. The maximum Gasteiger partial charge on any atom is 0.214 e. The number of nitrogens with zero attached hydrogens (tertiary/aromatic N) is 1. The van der Waals surface area contributed by atoms with Crippen LogP contribution in [0.5, 0.6) is 0 Å². The van der Waals surface area contributed by atoms with Crippen molar-refractivity contribution in [2.45, 2.75) is 26.3 Å². The third kappa shape index (κ3) is 1.09. The highest BCUT2D eigenvalue weighted by Crippen LogP contribution is 2.05. The van der Waals surface area contributed by atoms with Crippen LogP contribution in [-0.2, 0) is 6.42 Å². The Morgan fingerprint density at radius 2 is 2.45 bits per heavy atom. The Balaban J connectivity index is 2.43. The Morgan fingerprint density at radius 1 is 1.64 bits per heavy atom. The molecule has 0 aliphatic carbocycles. The van der Waals surface area contributed by atoms with Gasteiger partial charge in [-0.1, -0.05) is 4.68 Å². The summed E-state index contributed by atoms with van der Waals surface area (Å²) in [6, 6.07) is 4.93. The molecule has 0 aromatic carbocycles. The van der Waals surface area contributed by atoms with E-state index in [1.54, 1.807) is 0 Å². The van der Waals surface area contributed by atoms with E-state index in [4.69, 9.17) is 0 Å². The lowest BCUT2D eigenvalue weighted by Crippen LogP contribution is -2.44. The van der Waals surface area contributed by atoms with Gasteiger partial charge in [0.1, 0.15) is 0 Å². The lowest BCUT2D eigenvalue weighted by molar-refractivity contribution is -0.648. The minimum atomic E-state index is 0.580. The maximum absolute atomic E-state index is 3.34. The van der Waals surface area contributed by atoms with Crippen molar-refractivity contribution in [2.75, 3.05) is 5.43 Å². The zero-order valence-electron chi connectivity index (χ0n) is 6.96. The topological polar surface area (TPSA) is 15.9 Å². The average molecular weight is 149 g/mol. The number of aryl methyl sites for hydroxylation is 1. The van der Waals surface area contributed by atoms with Crippen LogP contribution >= 0.6 is 0 Å². The summed E-state index contributed by atoms with van der Waals surface area (Å²) in [6.45, 7) is 4.33. The third-order valence-electron chi connectivity index (χ3n) is 2.07. The molecule has 2 nitrogen and oxygen atoms in total. The minimum absolute atomic E-state index is 0.580. The smallest absolute Gasteiger partial charge is 0.189 e. The maximum atomic E-state index is 3.34. The van der Waals surface area contributed by atoms with E-state index < -0.39 is 0 Å². The fourth-order valence-corrected chi connectivity index (χ4v) is 1.55. The molecule has 0 radical (unpaired) electrons. The quantitative estimate of drug-likeness (QED) is 0.539. The van der Waals surface area contributed by atoms with E-state index in [1.165, 1.54) is 11.3 Å². The Kier molecular flexibility index (Phi) is 1.34. The molecule has 1 aliphatic rings. The van der Waals surface area contributed by atoms with Gasteiger partial charge in [-0.25, -0.2) is 0 Å². The Morgan fingerprint density at radius 3 is 3.27 bits per heavy atom. The first kappa shape index (κ1) is 6.65. The molecule has 1 aliphatic heterocycles. The van der Waals surface area contributed by atoms with Crippen molar-refractivity contribution in [3.05, 3.63) is 29.6 Å². The molecule has 2 rings (SSSR count). The molecule has 0 amide bonds. The van der Waals surface area contributed by atoms with Crippen LogP contribution in [0.1, 0.15) is 18.2 Å². The summed E-state index contributed by atoms with van der Waals surface area (Å²) in [7, 11) is 0. The highest BCUT2D eigenvalue weighted by Gasteiger charge is 2.23. The summed E-state index contributed by atoms with van der Waals surface area (Å²) < 4.78 is 2.11. The van der Waals surface area contributed by atoms with Crippen molar-refractivity contribution >= 4 is 0 Å². The largest absolute Gasteiger partial charge is 0.214 e. The van der Waals surface area contributed by atoms with Crippen molar-refractivity contribution in [1.29, 1.82) is 0 Å². The molecule has 58 valence electrons. The normalized spacial score (nSPS) is 21.1. The third-order valence-corrected chi connectivity index (χ3v) is 2.07. The van der Waals surface area contributed by atoms with Gasteiger partial charge in [-0.15, -0.1) is 0 Å². The zero-order valence-corrected chi connectivity index (χ0v) is 6.96. The molecule has 0 bridgehead atoms. The van der Waals surface area contributed by atoms with Gasteiger partial charge in [-0.05, 0) is 19.4 Å². The van der Waals surface area contributed by atoms with E-state index in [0.717, 1.165) is 6.42 Å². The van der Waals surface area contributed by atoms with Gasteiger partial charge < -0.3 is 0 Å². The molecule has 11 heavy (non-hydrogen) atoms. The molecule has 0 saturated carbocycles. The summed E-state index contributed by atoms with van der Waals surface area (Å²) in [5.41, 5.74) is 6.07. The molecule has 1 aromatic rings. The van der Waals surface area contributed by atoms with Gasteiger partial charge in [0.05, 0.1) is 12.5 Å². The molecule has 0 spiro atoms. The summed E-state index contributed by atoms with van der Waals surface area (Å²) in [5, 5.41) is 0. The number of nitrogens with one attached hydrogen (secondary N) is 1. The van der Waals surface area contributed by atoms with Gasteiger partial charge in [0.25, 0.3) is 0 Å². The van der Waals surface area contributed by atoms with Crippen LogP contribution in [-0.4, -0.2) is 6.04 Å². The van der Waals surface area contributed by atoms with Crippen LogP contribution in [0.3, 0.4) is 0 Å². The number of rotatable bonds is 0. The SMILES string of the molecule is Cc1cc[n+]2c(c1)CC(C)N2. The van der Waals surface area contributed by atoms with Gasteiger partial charge in [0, 0.05) is 12.1 Å². The van der Waals surface area contributed by atoms with E-state index >= 15 is 0 Å². The second kappa shape index (κ2) is 2.22. The van der Waals surface area contributed by atoms with Crippen molar-refractivity contribution < 1.29 is 4.68 Å². The number of fused-ring (bicyclic) bond motifs is 1. The van der Waals surface area contributed by atoms with E-state index in [2.05, 4.69) is 42.3 Å². The number of hydrogen-bond donors (Lipinski definition) is 1. The lowest BCUT2D eigenvalue weighted by atomic mass is 10.2. The standard InChI is InChI=1S/C9H13N2/c1-7-3-4-11-9(5-7)6-8(2)10-11/h3-5,8,10H,6H2,1-2H3/q+1. The zero-order chi connectivity index (χ0) is 7.84. The summed E-state index contributed by atoms with van der Waals surface area (Å²) >= 11 is 0. The minimum Gasteiger partial charge on any atom is -0.189 e. The first-order valence-corrected chi connectivity index (χ1v) is 4.03. The van der Waals surface area contributed by atoms with Gasteiger partial charge in [-0.3, -0.25) is 0 Å². The Hall–Kier alpha value is -1.05. The highest BCUT2D eigenvalue weighted by atomic mass is 15.4. The molecule has 1 aromatic heterocycles. The molecule has 1 atom stereocenters.